The van der Waals surface area contributed by atoms with Gasteiger partial charge in [0, 0.05) is 6.42 Å². The van der Waals surface area contributed by atoms with Crippen molar-refractivity contribution in [1.82, 2.24) is 0 Å². The molecule has 0 aliphatic carbocycles. The van der Waals surface area contributed by atoms with E-state index in [9.17, 15) is 13.2 Å². The Morgan fingerprint density at radius 1 is 1.32 bits per heavy atom. The molecule has 0 saturated carbocycles. The Kier molecular flexibility index (Phi) is 5.35. The summed E-state index contributed by atoms with van der Waals surface area (Å²) in [5.74, 6) is -0.195. The molecule has 1 amide bonds. The standard InChI is InChI=1S/C13H20N2O3S/c1-10(2)19(17,18)9-5-8-13(16)15-12-7-4-3-6-11(12)14/h3-4,6-7,10H,5,8-9,14H2,1-2H3,(H,15,16). The zero-order chi connectivity index (χ0) is 14.5. The number of carbonyl (C=O) groups is 1. The third-order valence-corrected chi connectivity index (χ3v) is 5.08. The third kappa shape index (κ3) is 4.90. The van der Waals surface area contributed by atoms with Crippen molar-refractivity contribution < 1.29 is 13.2 Å². The highest BCUT2D eigenvalue weighted by Gasteiger charge is 2.16. The number of sulfone groups is 1. The second-order valence-electron chi connectivity index (χ2n) is 4.65. The number of amides is 1. The molecule has 0 spiro atoms. The van der Waals surface area contributed by atoms with Crippen LogP contribution in [0.2, 0.25) is 0 Å². The van der Waals surface area contributed by atoms with Crippen LogP contribution in [0.4, 0.5) is 11.4 Å². The zero-order valence-electron chi connectivity index (χ0n) is 11.2. The number of benzene rings is 1. The van der Waals surface area contributed by atoms with Crippen molar-refractivity contribution in [3.8, 4) is 0 Å². The molecule has 19 heavy (non-hydrogen) atoms. The number of carbonyl (C=O) groups excluding carboxylic acids is 1. The fourth-order valence-electron chi connectivity index (χ4n) is 1.49. The lowest BCUT2D eigenvalue weighted by Crippen LogP contribution is -2.19. The summed E-state index contributed by atoms with van der Waals surface area (Å²) in [6, 6.07) is 6.95. The van der Waals surface area contributed by atoms with Crippen LogP contribution in [0.25, 0.3) is 0 Å². The fourth-order valence-corrected chi connectivity index (χ4v) is 2.51. The Morgan fingerprint density at radius 2 is 1.95 bits per heavy atom. The first-order chi connectivity index (χ1) is 8.83. The first kappa shape index (κ1) is 15.5. The summed E-state index contributed by atoms with van der Waals surface area (Å²) in [6.45, 7) is 3.28. The van der Waals surface area contributed by atoms with E-state index in [1.807, 2.05) is 0 Å². The second kappa shape index (κ2) is 6.56. The van der Waals surface area contributed by atoms with Crippen molar-refractivity contribution in [2.24, 2.45) is 0 Å². The van der Waals surface area contributed by atoms with E-state index in [0.717, 1.165) is 0 Å². The molecular weight excluding hydrogens is 264 g/mol. The van der Waals surface area contributed by atoms with Gasteiger partial charge in [-0.1, -0.05) is 12.1 Å². The van der Waals surface area contributed by atoms with Crippen molar-refractivity contribution in [1.29, 1.82) is 0 Å². The molecular formula is C13H20N2O3S. The van der Waals surface area contributed by atoms with Crippen molar-refractivity contribution in [2.75, 3.05) is 16.8 Å². The smallest absolute Gasteiger partial charge is 0.224 e. The molecule has 0 saturated heterocycles. The molecule has 1 rings (SSSR count). The van der Waals surface area contributed by atoms with Crippen LogP contribution in [0.3, 0.4) is 0 Å². The van der Waals surface area contributed by atoms with E-state index < -0.39 is 15.1 Å². The molecule has 1 aromatic rings. The SMILES string of the molecule is CC(C)S(=O)(=O)CCCC(=O)Nc1ccccc1N. The average molecular weight is 284 g/mol. The van der Waals surface area contributed by atoms with E-state index in [1.165, 1.54) is 0 Å². The summed E-state index contributed by atoms with van der Waals surface area (Å²) < 4.78 is 23.1. The summed E-state index contributed by atoms with van der Waals surface area (Å²) in [5, 5.41) is 2.26. The molecule has 0 heterocycles. The van der Waals surface area contributed by atoms with Crippen LogP contribution in [0, 0.1) is 0 Å². The van der Waals surface area contributed by atoms with Gasteiger partial charge in [-0.25, -0.2) is 8.42 Å². The number of nitrogen functional groups attached to an aromatic ring is 1. The maximum Gasteiger partial charge on any atom is 0.224 e. The predicted octanol–water partition coefficient (Wildman–Crippen LogP) is 1.81. The minimum atomic E-state index is -3.08. The van der Waals surface area contributed by atoms with Gasteiger partial charge in [-0.2, -0.15) is 0 Å². The number of hydrogen-bond donors (Lipinski definition) is 2. The first-order valence-electron chi connectivity index (χ1n) is 6.19. The lowest BCUT2D eigenvalue weighted by molar-refractivity contribution is -0.116. The van der Waals surface area contributed by atoms with E-state index in [1.54, 1.807) is 38.1 Å². The molecule has 6 heteroatoms. The molecule has 0 radical (unpaired) electrons. The summed E-state index contributed by atoms with van der Waals surface area (Å²) in [6.07, 6.45) is 0.485. The van der Waals surface area contributed by atoms with Crippen LogP contribution in [-0.4, -0.2) is 25.3 Å². The molecule has 0 aliphatic rings. The van der Waals surface area contributed by atoms with Crippen LogP contribution >= 0.6 is 0 Å². The highest BCUT2D eigenvalue weighted by molar-refractivity contribution is 7.91. The number of para-hydroxylation sites is 2. The summed E-state index contributed by atoms with van der Waals surface area (Å²) >= 11 is 0. The molecule has 1 aromatic carbocycles. The van der Waals surface area contributed by atoms with E-state index in [2.05, 4.69) is 5.32 Å². The van der Waals surface area contributed by atoms with Gasteiger partial charge in [-0.15, -0.1) is 0 Å². The highest BCUT2D eigenvalue weighted by atomic mass is 32.2. The minimum absolute atomic E-state index is 0.0301. The lowest BCUT2D eigenvalue weighted by Gasteiger charge is -2.09. The topological polar surface area (TPSA) is 89.3 Å². The first-order valence-corrected chi connectivity index (χ1v) is 7.90. The Hall–Kier alpha value is -1.56. The second-order valence-corrected chi connectivity index (χ2v) is 7.33. The van der Waals surface area contributed by atoms with Gasteiger partial charge in [-0.3, -0.25) is 4.79 Å². The zero-order valence-corrected chi connectivity index (χ0v) is 12.0. The lowest BCUT2D eigenvalue weighted by atomic mass is 10.2. The third-order valence-electron chi connectivity index (χ3n) is 2.79. The van der Waals surface area contributed by atoms with Gasteiger partial charge >= 0.3 is 0 Å². The van der Waals surface area contributed by atoms with Gasteiger partial charge in [0.2, 0.25) is 5.91 Å². The monoisotopic (exact) mass is 284 g/mol. The number of rotatable bonds is 6. The molecule has 0 fully saturated rings. The van der Waals surface area contributed by atoms with Crippen molar-refractivity contribution in [3.63, 3.8) is 0 Å². The van der Waals surface area contributed by atoms with Crippen molar-refractivity contribution in [3.05, 3.63) is 24.3 Å². The van der Waals surface area contributed by atoms with E-state index in [4.69, 9.17) is 5.73 Å². The quantitative estimate of drug-likeness (QED) is 0.780. The molecule has 3 N–H and O–H groups in total. The Bertz CT molecular complexity index is 539. The van der Waals surface area contributed by atoms with Crippen molar-refractivity contribution in [2.45, 2.75) is 31.9 Å². The summed E-state index contributed by atoms with van der Waals surface area (Å²) in [7, 11) is -3.08. The van der Waals surface area contributed by atoms with E-state index >= 15 is 0 Å². The van der Waals surface area contributed by atoms with Gasteiger partial charge in [0.1, 0.15) is 0 Å². The number of nitrogens with two attached hydrogens (primary N) is 1. The number of nitrogens with one attached hydrogen (secondary N) is 1. The maximum atomic E-state index is 11.7. The number of hydrogen-bond acceptors (Lipinski definition) is 4. The van der Waals surface area contributed by atoms with Gasteiger partial charge in [0.05, 0.1) is 22.4 Å². The highest BCUT2D eigenvalue weighted by Crippen LogP contribution is 2.17. The van der Waals surface area contributed by atoms with Gasteiger partial charge < -0.3 is 11.1 Å². The molecule has 5 nitrogen and oxygen atoms in total. The minimum Gasteiger partial charge on any atom is -0.397 e. The van der Waals surface area contributed by atoms with Crippen LogP contribution in [0.15, 0.2) is 24.3 Å². The Labute approximate surface area is 114 Å². The van der Waals surface area contributed by atoms with Gasteiger partial charge in [0.15, 0.2) is 9.84 Å². The predicted molar refractivity (Wildman–Crippen MR) is 77.6 cm³/mol. The van der Waals surface area contributed by atoms with E-state index in [-0.39, 0.29) is 18.1 Å². The summed E-state index contributed by atoms with van der Waals surface area (Å²) in [4.78, 5) is 11.7. The van der Waals surface area contributed by atoms with Crippen LogP contribution < -0.4 is 11.1 Å². The average Bonchev–Trinajstić information content (AvgIpc) is 2.31. The van der Waals surface area contributed by atoms with Crippen LogP contribution in [0.1, 0.15) is 26.7 Å². The molecule has 0 atom stereocenters. The molecule has 0 unspecified atom stereocenters. The normalized spacial score (nSPS) is 11.5. The van der Waals surface area contributed by atoms with Gasteiger partial charge in [-0.05, 0) is 32.4 Å². The summed E-state index contributed by atoms with van der Waals surface area (Å²) in [5.41, 5.74) is 6.74. The fraction of sp³-hybridized carbons (Fsp3) is 0.462. The van der Waals surface area contributed by atoms with Crippen molar-refractivity contribution >= 4 is 27.1 Å². The van der Waals surface area contributed by atoms with E-state index in [0.29, 0.717) is 17.8 Å². The maximum absolute atomic E-state index is 11.7. The van der Waals surface area contributed by atoms with Crippen LogP contribution in [-0.2, 0) is 14.6 Å². The molecule has 106 valence electrons. The Balaban J connectivity index is 2.44. The molecule has 0 aromatic heterocycles. The molecule has 0 aliphatic heterocycles. The Morgan fingerprint density at radius 3 is 2.53 bits per heavy atom. The molecule has 0 bridgehead atoms. The van der Waals surface area contributed by atoms with Crippen LogP contribution in [0.5, 0.6) is 0 Å². The largest absolute Gasteiger partial charge is 0.397 e. The van der Waals surface area contributed by atoms with Gasteiger partial charge in [0.25, 0.3) is 0 Å². The number of anilines is 2.